The van der Waals surface area contributed by atoms with Crippen LogP contribution in [0.1, 0.15) is 53.5 Å². The third kappa shape index (κ3) is 3.62. The van der Waals surface area contributed by atoms with Crippen LogP contribution in [0.5, 0.6) is 0 Å². The highest BCUT2D eigenvalue weighted by Crippen LogP contribution is 2.41. The molecule has 0 aliphatic heterocycles. The van der Waals surface area contributed by atoms with Crippen molar-refractivity contribution in [2.45, 2.75) is 39.7 Å². The Bertz CT molecular complexity index is 1270. The van der Waals surface area contributed by atoms with Crippen molar-refractivity contribution in [1.29, 1.82) is 0 Å². The number of hydrogen-bond acceptors (Lipinski definition) is 3. The van der Waals surface area contributed by atoms with Crippen LogP contribution < -0.4 is 5.32 Å². The summed E-state index contributed by atoms with van der Waals surface area (Å²) < 4.78 is 2.04. The first kappa shape index (κ1) is 20.2. The number of H-pyrrole nitrogens is 1. The smallest absolute Gasteiger partial charge is 0.252 e. The molecule has 1 aliphatic carbocycles. The molecular formula is C26H27N5O. The number of aromatic nitrogens is 4. The molecule has 1 atom stereocenters. The van der Waals surface area contributed by atoms with E-state index in [9.17, 15) is 4.79 Å². The Balaban J connectivity index is 1.50. The molecule has 6 heteroatoms. The number of benzene rings is 2. The first-order valence-electron chi connectivity index (χ1n) is 11.0. The highest BCUT2D eigenvalue weighted by Gasteiger charge is 2.36. The third-order valence-electron chi connectivity index (χ3n) is 6.25. The molecule has 2 heterocycles. The standard InChI is InChI=1S/C26H27N5O/c1-17-8-4-7-11-22(17)31-23-15-26(2,3)14-21(20(23)16-29-31)30-25(32)19-10-6-5-9-18(19)24-27-12-13-28-24/h4-13,16,21H,14-15H2,1-3H3,(H,27,28)(H,30,32). The number of nitrogens with one attached hydrogen (secondary N) is 2. The number of fused-ring (bicyclic) bond motifs is 1. The minimum atomic E-state index is -0.108. The summed E-state index contributed by atoms with van der Waals surface area (Å²) in [5, 5.41) is 8.03. The van der Waals surface area contributed by atoms with Gasteiger partial charge < -0.3 is 10.3 Å². The zero-order valence-electron chi connectivity index (χ0n) is 18.6. The molecule has 6 nitrogen and oxygen atoms in total. The molecule has 1 aliphatic rings. The van der Waals surface area contributed by atoms with Crippen molar-refractivity contribution in [2.75, 3.05) is 0 Å². The van der Waals surface area contributed by atoms with Gasteiger partial charge in [0.2, 0.25) is 0 Å². The lowest BCUT2D eigenvalue weighted by atomic mass is 9.74. The molecule has 32 heavy (non-hydrogen) atoms. The minimum absolute atomic E-state index is 0.0337. The molecule has 2 aromatic heterocycles. The maximum Gasteiger partial charge on any atom is 0.252 e. The Hall–Kier alpha value is -3.67. The fourth-order valence-electron chi connectivity index (χ4n) is 4.72. The predicted octanol–water partition coefficient (Wildman–Crippen LogP) is 5.01. The summed E-state index contributed by atoms with van der Waals surface area (Å²) in [6.07, 6.45) is 7.14. The SMILES string of the molecule is Cc1ccccc1-n1ncc2c1CC(C)(C)CC2NC(=O)c1ccccc1-c1ncc[nH]1. The van der Waals surface area contributed by atoms with Gasteiger partial charge in [-0.1, -0.05) is 50.2 Å². The van der Waals surface area contributed by atoms with E-state index >= 15 is 0 Å². The lowest BCUT2D eigenvalue weighted by Crippen LogP contribution is -2.37. The van der Waals surface area contributed by atoms with Gasteiger partial charge in [0.25, 0.3) is 5.91 Å². The Kier molecular flexibility index (Phi) is 4.93. The summed E-state index contributed by atoms with van der Waals surface area (Å²) in [7, 11) is 0. The first-order chi connectivity index (χ1) is 15.4. The lowest BCUT2D eigenvalue weighted by Gasteiger charge is -2.36. The molecule has 0 fully saturated rings. The molecule has 162 valence electrons. The number of carbonyl (C=O) groups is 1. The largest absolute Gasteiger partial charge is 0.345 e. The van der Waals surface area contributed by atoms with E-state index in [4.69, 9.17) is 5.10 Å². The molecule has 1 unspecified atom stereocenters. The Morgan fingerprint density at radius 1 is 1.16 bits per heavy atom. The zero-order valence-corrected chi connectivity index (χ0v) is 18.6. The quantitative estimate of drug-likeness (QED) is 0.482. The van der Waals surface area contributed by atoms with E-state index in [0.717, 1.165) is 29.7 Å². The van der Waals surface area contributed by atoms with E-state index in [-0.39, 0.29) is 17.4 Å². The van der Waals surface area contributed by atoms with Crippen LogP contribution in [0.3, 0.4) is 0 Å². The van der Waals surface area contributed by atoms with E-state index in [1.54, 1.807) is 12.4 Å². The highest BCUT2D eigenvalue weighted by atomic mass is 16.1. The van der Waals surface area contributed by atoms with Crippen LogP contribution in [-0.4, -0.2) is 25.7 Å². The Morgan fingerprint density at radius 3 is 2.72 bits per heavy atom. The van der Waals surface area contributed by atoms with Crippen LogP contribution in [0.25, 0.3) is 17.1 Å². The molecule has 5 rings (SSSR count). The molecule has 0 saturated heterocycles. The fourth-order valence-corrected chi connectivity index (χ4v) is 4.72. The van der Waals surface area contributed by atoms with Gasteiger partial charge >= 0.3 is 0 Å². The molecule has 0 spiro atoms. The number of imidazole rings is 1. The molecule has 1 amide bonds. The molecule has 2 aromatic carbocycles. The van der Waals surface area contributed by atoms with E-state index in [2.05, 4.69) is 48.2 Å². The molecular weight excluding hydrogens is 398 g/mol. The Labute approximate surface area is 187 Å². The van der Waals surface area contributed by atoms with Crippen molar-refractivity contribution in [3.05, 3.63) is 89.5 Å². The number of aromatic amines is 1. The van der Waals surface area contributed by atoms with E-state index in [1.807, 2.05) is 47.3 Å². The molecule has 0 saturated carbocycles. The van der Waals surface area contributed by atoms with Crippen LogP contribution in [0.2, 0.25) is 0 Å². The van der Waals surface area contributed by atoms with Crippen molar-refractivity contribution in [2.24, 2.45) is 5.41 Å². The maximum atomic E-state index is 13.4. The van der Waals surface area contributed by atoms with Crippen molar-refractivity contribution in [3.63, 3.8) is 0 Å². The van der Waals surface area contributed by atoms with Gasteiger partial charge in [0.15, 0.2) is 0 Å². The number of nitrogens with zero attached hydrogens (tertiary/aromatic N) is 3. The second-order valence-corrected chi connectivity index (χ2v) is 9.30. The summed E-state index contributed by atoms with van der Waals surface area (Å²) >= 11 is 0. The van der Waals surface area contributed by atoms with Gasteiger partial charge in [0.05, 0.1) is 29.2 Å². The summed E-state index contributed by atoms with van der Waals surface area (Å²) in [5.41, 5.74) is 5.96. The molecule has 4 aromatic rings. The van der Waals surface area contributed by atoms with E-state index < -0.39 is 0 Å². The monoisotopic (exact) mass is 425 g/mol. The Morgan fingerprint density at radius 2 is 1.94 bits per heavy atom. The number of para-hydroxylation sites is 1. The van der Waals surface area contributed by atoms with Gasteiger partial charge in [0, 0.05) is 23.5 Å². The number of amides is 1. The van der Waals surface area contributed by atoms with Crippen molar-refractivity contribution >= 4 is 5.91 Å². The predicted molar refractivity (Wildman–Crippen MR) is 125 cm³/mol. The average Bonchev–Trinajstić information content (AvgIpc) is 3.44. The van der Waals surface area contributed by atoms with E-state index in [1.165, 1.54) is 11.3 Å². The zero-order chi connectivity index (χ0) is 22.3. The molecule has 2 N–H and O–H groups in total. The topological polar surface area (TPSA) is 75.6 Å². The maximum absolute atomic E-state index is 13.4. The van der Waals surface area contributed by atoms with Gasteiger partial charge in [-0.3, -0.25) is 4.79 Å². The number of hydrogen-bond donors (Lipinski definition) is 2. The fraction of sp³-hybridized carbons (Fsp3) is 0.269. The number of rotatable bonds is 4. The van der Waals surface area contributed by atoms with Crippen LogP contribution in [-0.2, 0) is 6.42 Å². The highest BCUT2D eigenvalue weighted by molar-refractivity contribution is 6.00. The molecule has 0 radical (unpaired) electrons. The van der Waals surface area contributed by atoms with Gasteiger partial charge in [-0.15, -0.1) is 0 Å². The van der Waals surface area contributed by atoms with Crippen LogP contribution in [0, 0.1) is 12.3 Å². The summed E-state index contributed by atoms with van der Waals surface area (Å²) in [6.45, 7) is 6.60. The van der Waals surface area contributed by atoms with E-state index in [0.29, 0.717) is 11.4 Å². The normalized spacial score (nSPS) is 17.0. The number of carbonyl (C=O) groups excluding carboxylic acids is 1. The van der Waals surface area contributed by atoms with Crippen LogP contribution >= 0.6 is 0 Å². The average molecular weight is 426 g/mol. The van der Waals surface area contributed by atoms with Crippen molar-refractivity contribution in [3.8, 4) is 17.1 Å². The van der Waals surface area contributed by atoms with Gasteiger partial charge in [-0.2, -0.15) is 5.10 Å². The first-order valence-corrected chi connectivity index (χ1v) is 11.0. The lowest BCUT2D eigenvalue weighted by molar-refractivity contribution is 0.0920. The molecule has 0 bridgehead atoms. The van der Waals surface area contributed by atoms with Gasteiger partial charge in [-0.05, 0) is 42.9 Å². The second-order valence-electron chi connectivity index (χ2n) is 9.30. The minimum Gasteiger partial charge on any atom is -0.345 e. The summed E-state index contributed by atoms with van der Waals surface area (Å²) in [6, 6.07) is 15.7. The van der Waals surface area contributed by atoms with Gasteiger partial charge in [0.1, 0.15) is 5.82 Å². The van der Waals surface area contributed by atoms with Crippen LogP contribution in [0.4, 0.5) is 0 Å². The van der Waals surface area contributed by atoms with Gasteiger partial charge in [-0.25, -0.2) is 9.67 Å². The second kappa shape index (κ2) is 7.79. The third-order valence-corrected chi connectivity index (χ3v) is 6.25. The van der Waals surface area contributed by atoms with Crippen molar-refractivity contribution < 1.29 is 4.79 Å². The number of aryl methyl sites for hydroxylation is 1. The van der Waals surface area contributed by atoms with Crippen molar-refractivity contribution in [1.82, 2.24) is 25.1 Å². The van der Waals surface area contributed by atoms with Crippen LogP contribution in [0.15, 0.2) is 67.1 Å². The summed E-state index contributed by atoms with van der Waals surface area (Å²) in [5.74, 6) is 0.585. The summed E-state index contributed by atoms with van der Waals surface area (Å²) in [4.78, 5) is 20.8.